The molecule has 13 rings (SSSR count). The van der Waals surface area contributed by atoms with Gasteiger partial charge in [0.1, 0.15) is 0 Å². The van der Waals surface area contributed by atoms with Gasteiger partial charge >= 0.3 is 0 Å². The molecule has 12 aromatic rings. The first-order valence-corrected chi connectivity index (χ1v) is 23.0. The number of aryl methyl sites for hydroxylation is 1. The predicted molar refractivity (Wildman–Crippen MR) is 261 cm³/mol. The summed E-state index contributed by atoms with van der Waals surface area (Å²) in [6.45, 7) is 6.28. The van der Waals surface area contributed by atoms with Crippen molar-refractivity contribution in [2.75, 3.05) is 0 Å². The minimum Gasteiger partial charge on any atom is -0.333 e. The molecule has 5 aromatic heterocycles. The molecular formula is C53H33NS4. The molecule has 1 aliphatic carbocycles. The average Bonchev–Trinajstić information content (AvgIpc) is 4.07. The van der Waals surface area contributed by atoms with E-state index in [4.69, 9.17) is 0 Å². The molecule has 0 radical (unpaired) electrons. The molecule has 0 saturated heterocycles. The molecule has 5 heteroatoms. The molecule has 0 N–H and O–H groups in total. The van der Waals surface area contributed by atoms with Crippen LogP contribution in [0, 0.1) is 6.92 Å². The fourth-order valence-corrected chi connectivity index (χ4v) is 14.1. The van der Waals surface area contributed by atoms with Gasteiger partial charge in [0.15, 0.2) is 0 Å². The first kappa shape index (κ1) is 33.2. The van der Waals surface area contributed by atoms with E-state index >= 15 is 0 Å². The smallest absolute Gasteiger partial charge is 0.0560 e. The number of hydrogen-bond acceptors (Lipinski definition) is 4. The molecule has 58 heavy (non-hydrogen) atoms. The number of allylic oxidation sites excluding steroid dienone is 4. The quantitative estimate of drug-likeness (QED) is 0.167. The molecule has 1 unspecified atom stereocenters. The lowest BCUT2D eigenvalue weighted by molar-refractivity contribution is 0.648. The molecule has 0 aliphatic heterocycles. The van der Waals surface area contributed by atoms with Crippen molar-refractivity contribution in [3.8, 4) is 22.3 Å². The monoisotopic (exact) mass is 811 g/mol. The third kappa shape index (κ3) is 4.73. The van der Waals surface area contributed by atoms with E-state index in [-0.39, 0.29) is 6.04 Å². The highest BCUT2D eigenvalue weighted by Gasteiger charge is 2.20. The standard InChI is InChI=1S/C53H33NS4/c1-3-44-29(2)37-27-51-40(28-50(37)55-44)39-24-31(15-19-46(39)58-51)33-13-17-35-38-23-30(14-18-42(38)54(43(35)26-33)34-9-5-4-6-10-34)32-16-20-47-41(25-32)53-49(57-47)22-21-48-52(53)36-11-7-8-12-45(36)56-48/h3-9,11-28,34H,1,10H2,2H3. The van der Waals surface area contributed by atoms with E-state index < -0.39 is 0 Å². The molecule has 0 amide bonds. The van der Waals surface area contributed by atoms with Gasteiger partial charge in [-0.25, -0.2) is 0 Å². The first-order valence-electron chi connectivity index (χ1n) is 19.8. The summed E-state index contributed by atoms with van der Waals surface area (Å²) in [6.07, 6.45) is 12.0. The van der Waals surface area contributed by atoms with Gasteiger partial charge in [0.25, 0.3) is 0 Å². The van der Waals surface area contributed by atoms with Crippen molar-refractivity contribution in [3.05, 3.63) is 163 Å². The van der Waals surface area contributed by atoms with Crippen molar-refractivity contribution < 1.29 is 0 Å². The molecule has 1 atom stereocenters. The molecule has 1 nitrogen and oxygen atoms in total. The molecular weight excluding hydrogens is 779 g/mol. The zero-order chi connectivity index (χ0) is 38.2. The Morgan fingerprint density at radius 3 is 1.90 bits per heavy atom. The molecule has 1 aliphatic rings. The van der Waals surface area contributed by atoms with E-state index in [2.05, 4.69) is 164 Å². The Hall–Kier alpha value is -5.82. The topological polar surface area (TPSA) is 4.93 Å². The lowest BCUT2D eigenvalue weighted by Crippen LogP contribution is -2.06. The minimum atomic E-state index is 0.253. The van der Waals surface area contributed by atoms with Crippen LogP contribution in [-0.2, 0) is 0 Å². The third-order valence-electron chi connectivity index (χ3n) is 12.5. The predicted octanol–water partition coefficient (Wildman–Crippen LogP) is 17.5. The first-order chi connectivity index (χ1) is 28.6. The van der Waals surface area contributed by atoms with Gasteiger partial charge in [-0.15, -0.1) is 45.3 Å². The fourth-order valence-electron chi connectivity index (χ4n) is 9.67. The number of thiophene rings is 4. The Morgan fingerprint density at radius 1 is 0.500 bits per heavy atom. The van der Waals surface area contributed by atoms with Crippen molar-refractivity contribution in [1.82, 2.24) is 4.57 Å². The summed E-state index contributed by atoms with van der Waals surface area (Å²) in [5, 5.41) is 12.1. The highest BCUT2D eigenvalue weighted by molar-refractivity contribution is 7.28. The molecule has 274 valence electrons. The maximum absolute atomic E-state index is 4.06. The van der Waals surface area contributed by atoms with Crippen LogP contribution in [0.2, 0.25) is 0 Å². The van der Waals surface area contributed by atoms with Crippen LogP contribution in [-0.4, -0.2) is 4.57 Å². The van der Waals surface area contributed by atoms with Crippen LogP contribution in [0.4, 0.5) is 0 Å². The van der Waals surface area contributed by atoms with Gasteiger partial charge in [0.05, 0.1) is 11.6 Å². The largest absolute Gasteiger partial charge is 0.333 e. The fraction of sp³-hybridized carbons (Fsp3) is 0.0566. The van der Waals surface area contributed by atoms with Gasteiger partial charge in [-0.05, 0) is 119 Å². The van der Waals surface area contributed by atoms with Crippen LogP contribution in [0.1, 0.15) is 22.9 Å². The summed E-state index contributed by atoms with van der Waals surface area (Å²) < 4.78 is 12.0. The Balaban J connectivity index is 0.978. The highest BCUT2D eigenvalue weighted by atomic mass is 32.1. The Labute approximate surface area is 350 Å². The van der Waals surface area contributed by atoms with Gasteiger partial charge in [-0.3, -0.25) is 0 Å². The molecule has 5 heterocycles. The Bertz CT molecular complexity index is 3810. The normalized spacial score (nSPS) is 14.7. The number of benzene rings is 7. The van der Waals surface area contributed by atoms with E-state index in [0.29, 0.717) is 0 Å². The van der Waals surface area contributed by atoms with Crippen molar-refractivity contribution in [1.29, 1.82) is 0 Å². The van der Waals surface area contributed by atoms with Crippen molar-refractivity contribution in [3.63, 3.8) is 0 Å². The van der Waals surface area contributed by atoms with Crippen LogP contribution in [0.25, 0.3) is 121 Å². The molecule has 0 saturated carbocycles. The van der Waals surface area contributed by atoms with E-state index in [1.807, 2.05) is 51.4 Å². The Kier molecular flexibility index (Phi) is 7.06. The zero-order valence-corrected chi connectivity index (χ0v) is 34.8. The van der Waals surface area contributed by atoms with Crippen LogP contribution in [0.3, 0.4) is 0 Å². The number of hydrogen-bond donors (Lipinski definition) is 0. The molecule has 7 aromatic carbocycles. The van der Waals surface area contributed by atoms with Gasteiger partial charge in [0, 0.05) is 86.4 Å². The second-order valence-corrected chi connectivity index (χ2v) is 20.0. The second-order valence-electron chi connectivity index (χ2n) is 15.6. The van der Waals surface area contributed by atoms with Gasteiger partial charge in [-0.1, -0.05) is 85.5 Å². The minimum absolute atomic E-state index is 0.253. The third-order valence-corrected chi connectivity index (χ3v) is 17.1. The number of fused-ring (bicyclic) bond motifs is 14. The maximum Gasteiger partial charge on any atom is 0.0560 e. The SMILES string of the molecule is C=Cc1sc2cc3c(cc2c1C)sc1ccc(-c2ccc4c5cc(-c6ccc7sc8ccc9sc%10ccccc%10c9c8c7c6)ccc5n(C5C=CC=CC5)c4c2)cc13. The van der Waals surface area contributed by atoms with E-state index in [1.54, 1.807) is 0 Å². The lowest BCUT2D eigenvalue weighted by atomic mass is 9.98. The lowest BCUT2D eigenvalue weighted by Gasteiger charge is -2.19. The van der Waals surface area contributed by atoms with Crippen molar-refractivity contribution >= 4 is 144 Å². The average molecular weight is 812 g/mol. The van der Waals surface area contributed by atoms with Crippen LogP contribution >= 0.6 is 45.3 Å². The van der Waals surface area contributed by atoms with Crippen molar-refractivity contribution in [2.45, 2.75) is 19.4 Å². The number of rotatable bonds is 4. The van der Waals surface area contributed by atoms with Crippen LogP contribution in [0.5, 0.6) is 0 Å². The summed E-state index contributed by atoms with van der Waals surface area (Å²) in [5.41, 5.74) is 8.91. The van der Waals surface area contributed by atoms with Gasteiger partial charge < -0.3 is 4.57 Å². The van der Waals surface area contributed by atoms with Crippen LogP contribution < -0.4 is 0 Å². The number of aromatic nitrogens is 1. The molecule has 0 fully saturated rings. The van der Waals surface area contributed by atoms with Crippen LogP contribution in [0.15, 0.2) is 152 Å². The Morgan fingerprint density at radius 2 is 1.10 bits per heavy atom. The van der Waals surface area contributed by atoms with E-state index in [1.165, 1.54) is 125 Å². The summed E-state index contributed by atoms with van der Waals surface area (Å²) in [6, 6.07) is 47.0. The molecule has 0 bridgehead atoms. The van der Waals surface area contributed by atoms with Gasteiger partial charge in [-0.2, -0.15) is 0 Å². The van der Waals surface area contributed by atoms with E-state index in [0.717, 1.165) is 6.42 Å². The summed E-state index contributed by atoms with van der Waals surface area (Å²) in [5.74, 6) is 0. The summed E-state index contributed by atoms with van der Waals surface area (Å²) in [4.78, 5) is 1.27. The second kappa shape index (κ2) is 12.3. The summed E-state index contributed by atoms with van der Waals surface area (Å²) in [7, 11) is 0. The summed E-state index contributed by atoms with van der Waals surface area (Å²) >= 11 is 7.55. The number of nitrogens with zero attached hydrogens (tertiary/aromatic N) is 1. The zero-order valence-electron chi connectivity index (χ0n) is 31.5. The highest BCUT2D eigenvalue weighted by Crippen LogP contribution is 2.47. The maximum atomic E-state index is 4.06. The van der Waals surface area contributed by atoms with Gasteiger partial charge in [0.2, 0.25) is 0 Å². The molecule has 0 spiro atoms. The van der Waals surface area contributed by atoms with Crippen molar-refractivity contribution in [2.24, 2.45) is 0 Å². The van der Waals surface area contributed by atoms with E-state index in [9.17, 15) is 0 Å².